The van der Waals surface area contributed by atoms with Gasteiger partial charge >= 0.3 is 0 Å². The number of nitrogens with one attached hydrogen (secondary N) is 1. The summed E-state index contributed by atoms with van der Waals surface area (Å²) < 4.78 is 5.17. The molecule has 0 unspecified atom stereocenters. The van der Waals surface area contributed by atoms with Crippen molar-refractivity contribution in [2.75, 3.05) is 46.4 Å². The fourth-order valence-electron chi connectivity index (χ4n) is 4.18. The lowest BCUT2D eigenvalue weighted by atomic mass is 9.95. The van der Waals surface area contributed by atoms with Crippen LogP contribution in [0.2, 0.25) is 0 Å². The average molecular weight is 421 g/mol. The molecule has 1 atom stereocenters. The van der Waals surface area contributed by atoms with Gasteiger partial charge in [0.2, 0.25) is 0 Å². The number of benzene rings is 2. The van der Waals surface area contributed by atoms with E-state index in [1.54, 1.807) is 36.3 Å². The molecule has 0 saturated carbocycles. The summed E-state index contributed by atoms with van der Waals surface area (Å²) in [7, 11) is 1.56. The number of aliphatic hydroxyl groups is 1. The topological polar surface area (TPSA) is 82.1 Å². The maximum atomic E-state index is 13.0. The first-order valence-electron chi connectivity index (χ1n) is 10.5. The number of rotatable bonds is 6. The van der Waals surface area contributed by atoms with Crippen LogP contribution in [0.15, 0.2) is 60.2 Å². The van der Waals surface area contributed by atoms with Gasteiger partial charge in [0.05, 0.1) is 18.7 Å². The van der Waals surface area contributed by atoms with Crippen molar-refractivity contribution >= 4 is 17.4 Å². The number of amides is 1. The van der Waals surface area contributed by atoms with Crippen molar-refractivity contribution in [2.24, 2.45) is 0 Å². The van der Waals surface area contributed by atoms with E-state index in [4.69, 9.17) is 4.74 Å². The van der Waals surface area contributed by atoms with Crippen molar-refractivity contribution in [3.8, 4) is 5.75 Å². The molecule has 0 radical (unpaired) electrons. The van der Waals surface area contributed by atoms with Crippen LogP contribution in [0.1, 0.15) is 17.2 Å². The highest BCUT2D eigenvalue weighted by atomic mass is 16.5. The molecular weight excluding hydrogens is 394 g/mol. The first-order chi connectivity index (χ1) is 15.1. The minimum Gasteiger partial charge on any atom is -0.507 e. The van der Waals surface area contributed by atoms with Crippen molar-refractivity contribution < 1.29 is 19.4 Å². The van der Waals surface area contributed by atoms with E-state index in [1.165, 1.54) is 0 Å². The van der Waals surface area contributed by atoms with Crippen LogP contribution < -0.4 is 10.1 Å². The number of nitrogens with zero attached hydrogens (tertiary/aromatic N) is 2. The van der Waals surface area contributed by atoms with E-state index in [1.807, 2.05) is 30.3 Å². The zero-order valence-electron chi connectivity index (χ0n) is 17.6. The minimum atomic E-state index is -0.650. The Kier molecular flexibility index (Phi) is 6.34. The quantitative estimate of drug-likeness (QED) is 0.422. The molecule has 162 valence electrons. The third-order valence-electron chi connectivity index (χ3n) is 5.89. The SMILES string of the molecule is COc1ccc(C(O)=C2C(=O)C(=O)N(CCN3CCNCC3)[C@H]2c2ccccc2)cc1. The van der Waals surface area contributed by atoms with Gasteiger partial charge in [-0.2, -0.15) is 0 Å². The van der Waals surface area contributed by atoms with E-state index < -0.39 is 17.7 Å². The maximum Gasteiger partial charge on any atom is 0.295 e. The molecule has 2 aromatic rings. The van der Waals surface area contributed by atoms with Crippen molar-refractivity contribution in [3.05, 3.63) is 71.3 Å². The molecule has 0 spiro atoms. The molecular formula is C24H27N3O4. The molecule has 2 aliphatic heterocycles. The van der Waals surface area contributed by atoms with Crippen molar-refractivity contribution in [2.45, 2.75) is 6.04 Å². The standard InChI is InChI=1S/C24H27N3O4/c1-31-19-9-7-18(8-10-19)22(28)20-21(17-5-3-2-4-6-17)27(24(30)23(20)29)16-15-26-13-11-25-12-14-26/h2-10,21,25,28H,11-16H2,1H3/t21-/m0/s1. The molecule has 4 rings (SSSR count). The van der Waals surface area contributed by atoms with Crippen LogP contribution in [0.25, 0.3) is 5.76 Å². The van der Waals surface area contributed by atoms with Gasteiger partial charge in [-0.3, -0.25) is 14.5 Å². The second-order valence-electron chi connectivity index (χ2n) is 7.72. The summed E-state index contributed by atoms with van der Waals surface area (Å²) in [6.07, 6.45) is 0. The minimum absolute atomic E-state index is 0.127. The van der Waals surface area contributed by atoms with Gasteiger partial charge in [0, 0.05) is 44.8 Å². The lowest BCUT2D eigenvalue weighted by Crippen LogP contribution is -2.46. The molecule has 1 amide bonds. The molecule has 7 heteroatoms. The molecule has 31 heavy (non-hydrogen) atoms. The van der Waals surface area contributed by atoms with Gasteiger partial charge in [0.25, 0.3) is 11.7 Å². The van der Waals surface area contributed by atoms with Crippen LogP contribution in [0.4, 0.5) is 0 Å². The largest absolute Gasteiger partial charge is 0.507 e. The number of carbonyl (C=O) groups excluding carboxylic acids is 2. The fraction of sp³-hybridized carbons (Fsp3) is 0.333. The second-order valence-corrected chi connectivity index (χ2v) is 7.72. The van der Waals surface area contributed by atoms with E-state index in [-0.39, 0.29) is 11.3 Å². The van der Waals surface area contributed by atoms with Crippen molar-refractivity contribution in [1.29, 1.82) is 0 Å². The van der Waals surface area contributed by atoms with Gasteiger partial charge in [-0.15, -0.1) is 0 Å². The van der Waals surface area contributed by atoms with E-state index in [0.29, 0.717) is 24.4 Å². The Morgan fingerprint density at radius 3 is 2.35 bits per heavy atom. The number of likely N-dealkylation sites (tertiary alicyclic amines) is 1. The molecule has 2 saturated heterocycles. The number of ketones is 1. The lowest BCUT2D eigenvalue weighted by molar-refractivity contribution is -0.140. The molecule has 0 aromatic heterocycles. The highest BCUT2D eigenvalue weighted by Crippen LogP contribution is 2.39. The third kappa shape index (κ3) is 4.33. The highest BCUT2D eigenvalue weighted by molar-refractivity contribution is 6.46. The predicted octanol–water partition coefficient (Wildman–Crippen LogP) is 2.02. The average Bonchev–Trinajstić information content (AvgIpc) is 3.08. The number of hydrogen-bond donors (Lipinski definition) is 2. The lowest BCUT2D eigenvalue weighted by Gasteiger charge is -2.31. The van der Waals surface area contributed by atoms with Crippen LogP contribution >= 0.6 is 0 Å². The third-order valence-corrected chi connectivity index (χ3v) is 5.89. The van der Waals surface area contributed by atoms with Crippen molar-refractivity contribution in [3.63, 3.8) is 0 Å². The Morgan fingerprint density at radius 1 is 1.03 bits per heavy atom. The van der Waals surface area contributed by atoms with Gasteiger partial charge in [0.15, 0.2) is 0 Å². The molecule has 7 nitrogen and oxygen atoms in total. The number of ether oxygens (including phenoxy) is 1. The number of carbonyl (C=O) groups is 2. The Balaban J connectivity index is 1.70. The number of hydrogen-bond acceptors (Lipinski definition) is 6. The number of Topliss-reactive ketones (excluding diaryl/α,β-unsaturated/α-hetero) is 1. The summed E-state index contributed by atoms with van der Waals surface area (Å²) in [5, 5.41) is 14.4. The van der Waals surface area contributed by atoms with E-state index >= 15 is 0 Å². The Bertz CT molecular complexity index is 966. The number of methoxy groups -OCH3 is 1. The molecule has 2 heterocycles. The maximum absolute atomic E-state index is 13.0. The highest BCUT2D eigenvalue weighted by Gasteiger charge is 2.45. The Morgan fingerprint density at radius 2 is 1.71 bits per heavy atom. The summed E-state index contributed by atoms with van der Waals surface area (Å²) in [6, 6.07) is 15.6. The molecule has 0 bridgehead atoms. The summed E-state index contributed by atoms with van der Waals surface area (Å²) >= 11 is 0. The van der Waals surface area contributed by atoms with Gasteiger partial charge < -0.3 is 20.1 Å². The molecule has 2 aliphatic rings. The summed E-state index contributed by atoms with van der Waals surface area (Å²) in [6.45, 7) is 4.75. The Hall–Kier alpha value is -3.16. The second kappa shape index (κ2) is 9.32. The van der Waals surface area contributed by atoms with E-state index in [0.717, 1.165) is 31.7 Å². The molecule has 2 fully saturated rings. The van der Waals surface area contributed by atoms with Gasteiger partial charge in [-0.25, -0.2) is 0 Å². The first-order valence-corrected chi connectivity index (χ1v) is 10.5. The zero-order valence-corrected chi connectivity index (χ0v) is 17.6. The van der Waals surface area contributed by atoms with Gasteiger partial charge in [0.1, 0.15) is 11.5 Å². The summed E-state index contributed by atoms with van der Waals surface area (Å²) in [5.41, 5.74) is 1.40. The molecule has 2 N–H and O–H groups in total. The van der Waals surface area contributed by atoms with E-state index in [9.17, 15) is 14.7 Å². The molecule has 2 aromatic carbocycles. The number of aliphatic hydroxyl groups excluding tert-OH is 1. The molecule has 0 aliphatic carbocycles. The van der Waals surface area contributed by atoms with Crippen LogP contribution in [0.5, 0.6) is 5.75 Å². The monoisotopic (exact) mass is 421 g/mol. The zero-order chi connectivity index (χ0) is 21.8. The van der Waals surface area contributed by atoms with Crippen LogP contribution in [0, 0.1) is 0 Å². The van der Waals surface area contributed by atoms with Crippen LogP contribution in [0.3, 0.4) is 0 Å². The fourth-order valence-corrected chi connectivity index (χ4v) is 4.18. The van der Waals surface area contributed by atoms with E-state index in [2.05, 4.69) is 10.2 Å². The summed E-state index contributed by atoms with van der Waals surface area (Å²) in [4.78, 5) is 29.9. The smallest absolute Gasteiger partial charge is 0.295 e. The Labute approximate surface area is 181 Å². The van der Waals surface area contributed by atoms with Gasteiger partial charge in [-0.1, -0.05) is 30.3 Å². The van der Waals surface area contributed by atoms with Crippen molar-refractivity contribution in [1.82, 2.24) is 15.1 Å². The predicted molar refractivity (Wildman–Crippen MR) is 118 cm³/mol. The van der Waals surface area contributed by atoms with Crippen LogP contribution in [-0.4, -0.2) is 73.0 Å². The van der Waals surface area contributed by atoms with Gasteiger partial charge in [-0.05, 0) is 29.8 Å². The normalized spacial score (nSPS) is 21.5. The first kappa shape index (κ1) is 21.1. The number of piperazine rings is 1. The van der Waals surface area contributed by atoms with Crippen LogP contribution in [-0.2, 0) is 9.59 Å². The summed E-state index contributed by atoms with van der Waals surface area (Å²) in [5.74, 6) is -0.742.